The maximum atomic E-state index is 11.3. The van der Waals surface area contributed by atoms with Crippen LogP contribution in [0.15, 0.2) is 0 Å². The van der Waals surface area contributed by atoms with E-state index < -0.39 is 21.8 Å². The molecule has 5 nitrogen and oxygen atoms in total. The van der Waals surface area contributed by atoms with Crippen molar-refractivity contribution in [2.45, 2.75) is 38.2 Å². The van der Waals surface area contributed by atoms with Gasteiger partial charge >= 0.3 is 10.3 Å². The Kier molecular flexibility index (Phi) is 2.08. The Hall–Kier alpha value is -0.620. The van der Waals surface area contributed by atoms with E-state index in [-0.39, 0.29) is 5.92 Å². The van der Waals surface area contributed by atoms with Crippen LogP contribution in [0.25, 0.3) is 0 Å². The summed E-state index contributed by atoms with van der Waals surface area (Å²) in [6, 6.07) is 0. The van der Waals surface area contributed by atoms with Crippen LogP contribution in [0.4, 0.5) is 0 Å². The minimum Gasteiger partial charge on any atom is -0.274 e. The lowest BCUT2D eigenvalue weighted by atomic mass is 10.4. The summed E-state index contributed by atoms with van der Waals surface area (Å²) >= 11 is 0. The second kappa shape index (κ2) is 2.93. The van der Waals surface area contributed by atoms with Gasteiger partial charge in [-0.2, -0.15) is 8.42 Å². The van der Waals surface area contributed by atoms with E-state index in [1.807, 2.05) is 4.72 Å². The molecule has 0 atom stereocenters. The number of nitrogens with one attached hydrogen (secondary N) is 1. The normalized spacial score (nSPS) is 24.4. The molecule has 0 radical (unpaired) electrons. The zero-order chi connectivity index (χ0) is 10.4. The molecular formula is C8H13NO4S. The quantitative estimate of drug-likeness (QED) is 0.739. The number of carbonyl (C=O) groups is 1. The molecule has 0 aromatic carbocycles. The van der Waals surface area contributed by atoms with Crippen molar-refractivity contribution in [2.24, 2.45) is 5.92 Å². The molecule has 2 aliphatic rings. The molecule has 2 aliphatic carbocycles. The predicted octanol–water partition coefficient (Wildman–Crippen LogP) is 0.326. The largest absolute Gasteiger partial charge is 0.362 e. The minimum absolute atomic E-state index is 0.125. The lowest BCUT2D eigenvalue weighted by molar-refractivity contribution is -0.120. The molecular weight excluding hydrogens is 206 g/mol. The monoisotopic (exact) mass is 219 g/mol. The van der Waals surface area contributed by atoms with Gasteiger partial charge in [-0.15, -0.1) is 0 Å². The Morgan fingerprint density at radius 1 is 1.43 bits per heavy atom. The Labute approximate surface area is 83.1 Å². The lowest BCUT2D eigenvalue weighted by Crippen LogP contribution is -2.35. The molecule has 0 aliphatic heterocycles. The van der Waals surface area contributed by atoms with Crippen LogP contribution in [0.3, 0.4) is 0 Å². The van der Waals surface area contributed by atoms with Crippen molar-refractivity contribution in [1.29, 1.82) is 0 Å². The van der Waals surface area contributed by atoms with Crippen molar-refractivity contribution < 1.29 is 17.4 Å². The third-order valence-electron chi connectivity index (χ3n) is 2.44. The summed E-state index contributed by atoms with van der Waals surface area (Å²) in [6.07, 6.45) is 3.01. The fraction of sp³-hybridized carbons (Fsp3) is 0.875. The molecule has 0 aromatic heterocycles. The second-order valence-corrected chi connectivity index (χ2v) is 5.51. The van der Waals surface area contributed by atoms with Gasteiger partial charge in [0, 0.05) is 5.92 Å². The molecule has 80 valence electrons. The average molecular weight is 219 g/mol. The highest BCUT2D eigenvalue weighted by Gasteiger charge is 2.44. The van der Waals surface area contributed by atoms with Crippen LogP contribution < -0.4 is 4.72 Å². The smallest absolute Gasteiger partial charge is 0.274 e. The second-order valence-electron chi connectivity index (χ2n) is 4.23. The summed E-state index contributed by atoms with van der Waals surface area (Å²) in [6.45, 7) is 1.72. The lowest BCUT2D eigenvalue weighted by Gasteiger charge is -2.10. The zero-order valence-corrected chi connectivity index (χ0v) is 8.76. The van der Waals surface area contributed by atoms with Crippen molar-refractivity contribution in [3.8, 4) is 0 Å². The molecule has 14 heavy (non-hydrogen) atoms. The van der Waals surface area contributed by atoms with Crippen molar-refractivity contribution in [2.75, 3.05) is 0 Å². The highest BCUT2D eigenvalue weighted by atomic mass is 32.2. The topological polar surface area (TPSA) is 72.5 Å². The predicted molar refractivity (Wildman–Crippen MR) is 48.5 cm³/mol. The molecule has 0 spiro atoms. The van der Waals surface area contributed by atoms with Crippen molar-refractivity contribution in [3.63, 3.8) is 0 Å². The van der Waals surface area contributed by atoms with Gasteiger partial charge in [0.15, 0.2) is 0 Å². The average Bonchev–Trinajstić information content (AvgIpc) is 2.81. The molecule has 0 saturated heterocycles. The van der Waals surface area contributed by atoms with Gasteiger partial charge in [-0.05, 0) is 32.6 Å². The summed E-state index contributed by atoms with van der Waals surface area (Å²) < 4.78 is 29.3. The molecule has 0 heterocycles. The SMILES string of the molecule is CC1(OS(=O)(=O)NC(=O)C2CC2)CC1. The van der Waals surface area contributed by atoms with E-state index >= 15 is 0 Å². The van der Waals surface area contributed by atoms with Gasteiger partial charge in [0.05, 0.1) is 5.60 Å². The molecule has 6 heteroatoms. The molecule has 1 N–H and O–H groups in total. The number of hydrogen-bond acceptors (Lipinski definition) is 4. The van der Waals surface area contributed by atoms with Crippen molar-refractivity contribution in [1.82, 2.24) is 4.72 Å². The number of rotatable bonds is 4. The number of carbonyl (C=O) groups excluding carboxylic acids is 1. The minimum atomic E-state index is -3.88. The molecule has 0 aromatic rings. The van der Waals surface area contributed by atoms with Crippen LogP contribution in [0.1, 0.15) is 32.6 Å². The van der Waals surface area contributed by atoms with E-state index in [4.69, 9.17) is 4.18 Å². The molecule has 2 saturated carbocycles. The Morgan fingerprint density at radius 2 is 2.00 bits per heavy atom. The molecule has 2 rings (SSSR count). The van der Waals surface area contributed by atoms with Crippen LogP contribution in [0.5, 0.6) is 0 Å². The maximum Gasteiger partial charge on any atom is 0.362 e. The Bertz CT molecular complexity index is 354. The zero-order valence-electron chi connectivity index (χ0n) is 7.95. The summed E-state index contributed by atoms with van der Waals surface area (Å²) in [5.74, 6) is -0.561. The third kappa shape index (κ3) is 2.45. The molecule has 1 amide bonds. The fourth-order valence-electron chi connectivity index (χ4n) is 1.10. The standard InChI is InChI=1S/C8H13NO4S/c1-8(4-5-8)13-14(11,12)9-7(10)6-2-3-6/h6H,2-5H2,1H3,(H,9,10). The summed E-state index contributed by atoms with van der Waals surface area (Å²) in [7, 11) is -3.88. The van der Waals surface area contributed by atoms with Gasteiger partial charge in [0.25, 0.3) is 0 Å². The highest BCUT2D eigenvalue weighted by molar-refractivity contribution is 7.85. The van der Waals surface area contributed by atoms with Crippen LogP contribution in [0.2, 0.25) is 0 Å². The van der Waals surface area contributed by atoms with Gasteiger partial charge in [-0.25, -0.2) is 8.91 Å². The van der Waals surface area contributed by atoms with Gasteiger partial charge < -0.3 is 0 Å². The van der Waals surface area contributed by atoms with Gasteiger partial charge in [0.1, 0.15) is 0 Å². The summed E-state index contributed by atoms with van der Waals surface area (Å²) in [5, 5.41) is 0. The number of hydrogen-bond donors (Lipinski definition) is 1. The maximum absolute atomic E-state index is 11.3. The first-order chi connectivity index (χ1) is 6.40. The summed E-state index contributed by atoms with van der Waals surface area (Å²) in [5.41, 5.74) is -0.574. The van der Waals surface area contributed by atoms with Gasteiger partial charge in [0.2, 0.25) is 5.91 Å². The van der Waals surface area contributed by atoms with E-state index in [1.54, 1.807) is 6.92 Å². The van der Waals surface area contributed by atoms with Crippen LogP contribution in [-0.4, -0.2) is 19.9 Å². The van der Waals surface area contributed by atoms with E-state index in [0.29, 0.717) is 0 Å². The first-order valence-corrected chi connectivity index (χ1v) is 6.08. The highest BCUT2D eigenvalue weighted by Crippen LogP contribution is 2.40. The Balaban J connectivity index is 1.91. The van der Waals surface area contributed by atoms with E-state index in [0.717, 1.165) is 25.7 Å². The van der Waals surface area contributed by atoms with E-state index in [1.165, 1.54) is 0 Å². The van der Waals surface area contributed by atoms with Crippen molar-refractivity contribution in [3.05, 3.63) is 0 Å². The van der Waals surface area contributed by atoms with Crippen LogP contribution in [-0.2, 0) is 19.3 Å². The first-order valence-electron chi connectivity index (χ1n) is 4.67. The van der Waals surface area contributed by atoms with E-state index in [2.05, 4.69) is 0 Å². The van der Waals surface area contributed by atoms with Crippen LogP contribution >= 0.6 is 0 Å². The van der Waals surface area contributed by atoms with Gasteiger partial charge in [-0.1, -0.05) is 0 Å². The third-order valence-corrected chi connectivity index (χ3v) is 3.51. The molecule has 0 unspecified atom stereocenters. The Morgan fingerprint density at radius 3 is 2.43 bits per heavy atom. The fourth-order valence-corrected chi connectivity index (χ4v) is 2.25. The summed E-state index contributed by atoms with van der Waals surface area (Å²) in [4.78, 5) is 11.2. The van der Waals surface area contributed by atoms with Crippen molar-refractivity contribution >= 4 is 16.2 Å². The first kappa shape index (κ1) is 9.92. The molecule has 0 bridgehead atoms. The van der Waals surface area contributed by atoms with E-state index in [9.17, 15) is 13.2 Å². The van der Waals surface area contributed by atoms with Crippen LogP contribution in [0, 0.1) is 5.92 Å². The number of amides is 1. The molecule has 2 fully saturated rings. The van der Waals surface area contributed by atoms with Gasteiger partial charge in [-0.3, -0.25) is 4.79 Å².